The van der Waals surface area contributed by atoms with Gasteiger partial charge in [-0.1, -0.05) is 111 Å². The van der Waals surface area contributed by atoms with E-state index in [9.17, 15) is 0 Å². The number of benzene rings is 4. The van der Waals surface area contributed by atoms with Crippen molar-refractivity contribution in [1.82, 2.24) is 0 Å². The molecule has 6 aromatic carbocycles. The summed E-state index contributed by atoms with van der Waals surface area (Å²) in [6.45, 7) is 20.1. The number of hydrogen-bond donors (Lipinski definition) is 0. The van der Waals surface area contributed by atoms with Gasteiger partial charge in [-0.15, -0.1) is 69.1 Å². The summed E-state index contributed by atoms with van der Waals surface area (Å²) in [4.78, 5) is 0. The molecular formula is C43H48Cl2Hf-6. The van der Waals surface area contributed by atoms with Crippen LogP contribution in [0.1, 0.15) is 56.4 Å². The summed E-state index contributed by atoms with van der Waals surface area (Å²) in [5, 5.41) is 5.48. The third-order valence-electron chi connectivity index (χ3n) is 7.63. The van der Waals surface area contributed by atoms with Gasteiger partial charge in [-0.25, -0.2) is 0 Å². The molecule has 0 bridgehead atoms. The number of halogens is 2. The average Bonchev–Trinajstić information content (AvgIpc) is 3.57. The van der Waals surface area contributed by atoms with E-state index in [1.54, 1.807) is 0 Å². The minimum Gasteiger partial charge on any atom is -1.00 e. The number of fused-ring (bicyclic) bond motifs is 2. The quantitative estimate of drug-likeness (QED) is 0.133. The molecule has 46 heavy (non-hydrogen) atoms. The summed E-state index contributed by atoms with van der Waals surface area (Å²) in [6, 6.07) is 40.3. The Morgan fingerprint density at radius 2 is 0.870 bits per heavy atom. The van der Waals surface area contributed by atoms with Crippen molar-refractivity contribution >= 4 is 21.5 Å². The molecule has 0 heterocycles. The minimum absolute atomic E-state index is 0. The second kappa shape index (κ2) is 20.0. The third kappa shape index (κ3) is 11.4. The molecule has 0 amide bonds. The van der Waals surface area contributed by atoms with Crippen LogP contribution in [0.15, 0.2) is 109 Å². The van der Waals surface area contributed by atoms with Crippen molar-refractivity contribution in [3.63, 3.8) is 0 Å². The van der Waals surface area contributed by atoms with E-state index in [0.29, 0.717) is 11.8 Å². The van der Waals surface area contributed by atoms with Crippen molar-refractivity contribution in [3.8, 4) is 22.3 Å². The maximum atomic E-state index is 3.38. The van der Waals surface area contributed by atoms with E-state index < -0.39 is 0 Å². The summed E-state index contributed by atoms with van der Waals surface area (Å²) >= 11 is 0. The van der Waals surface area contributed by atoms with Gasteiger partial charge in [0.05, 0.1) is 0 Å². The van der Waals surface area contributed by atoms with Crippen LogP contribution in [-0.4, -0.2) is 0 Å². The van der Waals surface area contributed by atoms with Gasteiger partial charge < -0.3 is 45.1 Å². The number of aryl methyl sites for hydroxylation is 2. The van der Waals surface area contributed by atoms with Crippen LogP contribution >= 0.6 is 0 Å². The Labute approximate surface area is 310 Å². The molecule has 0 aliphatic rings. The van der Waals surface area contributed by atoms with Crippen molar-refractivity contribution in [3.05, 3.63) is 145 Å². The molecule has 0 fully saturated rings. The van der Waals surface area contributed by atoms with Crippen molar-refractivity contribution in [2.24, 2.45) is 11.8 Å². The van der Waals surface area contributed by atoms with Gasteiger partial charge in [-0.3, -0.25) is 0 Å². The Balaban J connectivity index is 0.000000400. The smallest absolute Gasteiger partial charge is 0 e. The van der Waals surface area contributed by atoms with Gasteiger partial charge >= 0.3 is 0 Å². The molecule has 0 aliphatic carbocycles. The summed E-state index contributed by atoms with van der Waals surface area (Å²) in [5.74, 6) is 1.41. The zero-order chi connectivity index (χ0) is 30.9. The number of rotatable bonds is 6. The standard InChI is InChI=1S/2C20H21.C3H6.2ClH.Hf/c2*1-14(2)11-16-12-18-5-4-6-19(20(18)13-16)17-9-7-15(3)8-10-17;1-3-2;;;/h2*4-10,12-14H,11H2,1-3H3;1-3H2;2*1H;/q2*-1;-2;;;/p-2. The van der Waals surface area contributed by atoms with E-state index in [0.717, 1.165) is 19.3 Å². The van der Waals surface area contributed by atoms with Crippen LogP contribution < -0.4 is 24.8 Å². The van der Waals surface area contributed by atoms with Crippen molar-refractivity contribution < 1.29 is 50.7 Å². The molecule has 0 nitrogen and oxygen atoms in total. The fourth-order valence-electron chi connectivity index (χ4n) is 5.74. The monoisotopic (exact) mass is 814 g/mol. The maximum absolute atomic E-state index is 3.38. The fraction of sp³-hybridized carbons (Fsp3) is 0.256. The molecule has 0 radical (unpaired) electrons. The van der Waals surface area contributed by atoms with Crippen LogP contribution in [0.4, 0.5) is 0 Å². The summed E-state index contributed by atoms with van der Waals surface area (Å²) in [7, 11) is 0. The zero-order valence-electron chi connectivity index (χ0n) is 28.3. The van der Waals surface area contributed by atoms with E-state index in [-0.39, 0.29) is 50.7 Å². The molecular weight excluding hydrogens is 766 g/mol. The van der Waals surface area contributed by atoms with Gasteiger partial charge in [0.2, 0.25) is 0 Å². The maximum Gasteiger partial charge on any atom is 0 e. The van der Waals surface area contributed by atoms with Gasteiger partial charge in [-0.05, 0) is 49.7 Å². The normalized spacial score (nSPS) is 10.3. The SMILES string of the molecule is Cc1ccc(-c2cccc3[cH-]c(CC(C)C)cc23)cc1.Cc1ccc(-c2cccc3[cH-]c(CC(C)C)cc23)cc1.[CH2-]C[CH2-].[Cl-].[Cl-].[Hf]. The van der Waals surface area contributed by atoms with Crippen LogP contribution in [0.25, 0.3) is 43.8 Å². The Morgan fingerprint density at radius 3 is 1.17 bits per heavy atom. The van der Waals surface area contributed by atoms with E-state index in [2.05, 4.69) is 165 Å². The Bertz CT molecular complexity index is 1590. The van der Waals surface area contributed by atoms with E-state index >= 15 is 0 Å². The molecule has 244 valence electrons. The largest absolute Gasteiger partial charge is 1.00 e. The first-order valence-corrected chi connectivity index (χ1v) is 15.8. The molecule has 6 aromatic rings. The van der Waals surface area contributed by atoms with Gasteiger partial charge in [0, 0.05) is 25.8 Å². The van der Waals surface area contributed by atoms with Crippen LogP contribution in [0, 0.1) is 39.5 Å². The van der Waals surface area contributed by atoms with Crippen LogP contribution in [0.3, 0.4) is 0 Å². The van der Waals surface area contributed by atoms with Crippen molar-refractivity contribution in [1.29, 1.82) is 0 Å². The van der Waals surface area contributed by atoms with Crippen LogP contribution in [0.2, 0.25) is 0 Å². The van der Waals surface area contributed by atoms with Gasteiger partial charge in [0.25, 0.3) is 0 Å². The predicted molar refractivity (Wildman–Crippen MR) is 192 cm³/mol. The minimum atomic E-state index is 0. The Morgan fingerprint density at radius 1 is 0.543 bits per heavy atom. The molecule has 0 aliphatic heterocycles. The van der Waals surface area contributed by atoms with Crippen molar-refractivity contribution in [2.45, 2.75) is 60.8 Å². The predicted octanol–water partition coefficient (Wildman–Crippen LogP) is 6.52. The van der Waals surface area contributed by atoms with Gasteiger partial charge in [0.1, 0.15) is 0 Å². The summed E-state index contributed by atoms with van der Waals surface area (Å²) in [6.07, 6.45) is 3.06. The van der Waals surface area contributed by atoms with E-state index in [1.165, 1.54) is 66.1 Å². The Hall–Kier alpha value is -2.45. The third-order valence-corrected chi connectivity index (χ3v) is 7.63. The molecule has 0 atom stereocenters. The van der Waals surface area contributed by atoms with E-state index in [1.807, 2.05) is 0 Å². The zero-order valence-corrected chi connectivity index (χ0v) is 33.4. The molecule has 0 saturated heterocycles. The van der Waals surface area contributed by atoms with Gasteiger partial charge in [-0.2, -0.15) is 12.1 Å². The molecule has 0 unspecified atom stereocenters. The second-order valence-electron chi connectivity index (χ2n) is 12.6. The number of hydrogen-bond acceptors (Lipinski definition) is 0. The fourth-order valence-corrected chi connectivity index (χ4v) is 5.74. The van der Waals surface area contributed by atoms with E-state index in [4.69, 9.17) is 0 Å². The molecule has 0 spiro atoms. The summed E-state index contributed by atoms with van der Waals surface area (Å²) < 4.78 is 0. The van der Waals surface area contributed by atoms with Gasteiger partial charge in [0.15, 0.2) is 0 Å². The average molecular weight is 814 g/mol. The molecule has 0 aromatic heterocycles. The molecule has 6 rings (SSSR count). The van der Waals surface area contributed by atoms with Crippen LogP contribution in [-0.2, 0) is 38.7 Å². The van der Waals surface area contributed by atoms with Crippen molar-refractivity contribution in [2.75, 3.05) is 0 Å². The first-order valence-electron chi connectivity index (χ1n) is 15.8. The molecule has 0 N–H and O–H groups in total. The first kappa shape index (κ1) is 41.6. The molecule has 0 saturated carbocycles. The molecule has 3 heteroatoms. The summed E-state index contributed by atoms with van der Waals surface area (Å²) in [5.41, 5.74) is 10.8. The van der Waals surface area contributed by atoms with Crippen LogP contribution in [0.5, 0.6) is 0 Å². The first-order chi connectivity index (χ1) is 20.7. The second-order valence-corrected chi connectivity index (χ2v) is 12.6. The topological polar surface area (TPSA) is 0 Å². The Kier molecular flexibility index (Phi) is 18.1.